The Morgan fingerprint density at radius 1 is 1.43 bits per heavy atom. The van der Waals surface area contributed by atoms with E-state index in [4.69, 9.17) is 9.78 Å². The van der Waals surface area contributed by atoms with Crippen LogP contribution in [0.5, 0.6) is 0 Å². The molecule has 0 radical (unpaired) electrons. The Balaban J connectivity index is 2.45. The molecule has 0 aliphatic carbocycles. The topological polar surface area (TPSA) is 62.7 Å². The molecule has 0 fully saturated rings. The second kappa shape index (κ2) is 3.30. The normalized spacial score (nSPS) is 9.71. The first-order chi connectivity index (χ1) is 6.81. The van der Waals surface area contributed by atoms with Crippen molar-refractivity contribution >= 4 is 0 Å². The van der Waals surface area contributed by atoms with Gasteiger partial charge in [-0.3, -0.25) is 4.98 Å². The third-order valence-electron chi connectivity index (χ3n) is 1.88. The molecule has 2 heterocycles. The fourth-order valence-electron chi connectivity index (χ4n) is 1.13. The smallest absolute Gasteiger partial charge is 0.135 e. The van der Waals surface area contributed by atoms with Crippen molar-refractivity contribution in [3.05, 3.63) is 35.7 Å². The zero-order valence-electron chi connectivity index (χ0n) is 7.56. The number of rotatable bonds is 1. The van der Waals surface area contributed by atoms with E-state index in [0.29, 0.717) is 5.56 Å². The number of nitriles is 1. The maximum atomic E-state index is 8.59. The lowest BCUT2D eigenvalue weighted by molar-refractivity contribution is 0.421. The number of pyridine rings is 1. The molecule has 0 atom stereocenters. The van der Waals surface area contributed by atoms with Gasteiger partial charge in [0.15, 0.2) is 0 Å². The first-order valence-corrected chi connectivity index (χ1v) is 4.09. The summed E-state index contributed by atoms with van der Waals surface area (Å²) < 4.78 is 4.80. The summed E-state index contributed by atoms with van der Waals surface area (Å²) >= 11 is 0. The third kappa shape index (κ3) is 1.36. The maximum absolute atomic E-state index is 8.59. The average Bonchev–Trinajstić information content (AvgIpc) is 2.65. The molecule has 0 aliphatic rings. The summed E-state index contributed by atoms with van der Waals surface area (Å²) in [6, 6.07) is 5.47. The van der Waals surface area contributed by atoms with Gasteiger partial charge in [0.25, 0.3) is 0 Å². The monoisotopic (exact) mass is 185 g/mol. The van der Waals surface area contributed by atoms with E-state index in [1.54, 1.807) is 18.4 Å². The van der Waals surface area contributed by atoms with Crippen molar-refractivity contribution in [3.8, 4) is 17.5 Å². The number of aryl methyl sites for hydroxylation is 1. The number of hydrogen-bond donors (Lipinski definition) is 0. The van der Waals surface area contributed by atoms with Crippen molar-refractivity contribution in [2.45, 2.75) is 6.92 Å². The van der Waals surface area contributed by atoms with Crippen LogP contribution in [0.3, 0.4) is 0 Å². The first-order valence-electron chi connectivity index (χ1n) is 4.09. The zero-order chi connectivity index (χ0) is 9.97. The van der Waals surface area contributed by atoms with Gasteiger partial charge in [-0.05, 0) is 19.1 Å². The van der Waals surface area contributed by atoms with Crippen LogP contribution in [0.15, 0.2) is 29.1 Å². The van der Waals surface area contributed by atoms with Gasteiger partial charge in [0, 0.05) is 11.8 Å². The predicted octanol–water partition coefficient (Wildman–Crippen LogP) is 1.92. The fourth-order valence-corrected chi connectivity index (χ4v) is 1.13. The molecule has 0 amide bonds. The van der Waals surface area contributed by atoms with E-state index in [1.165, 1.54) is 6.20 Å². The molecular weight excluding hydrogens is 178 g/mol. The molecule has 4 heteroatoms. The Morgan fingerprint density at radius 2 is 2.29 bits per heavy atom. The van der Waals surface area contributed by atoms with Crippen molar-refractivity contribution in [2.75, 3.05) is 0 Å². The van der Waals surface area contributed by atoms with Crippen molar-refractivity contribution < 1.29 is 4.52 Å². The molecule has 4 nitrogen and oxygen atoms in total. The molecule has 0 aromatic carbocycles. The molecular formula is C10H7N3O. The van der Waals surface area contributed by atoms with Crippen LogP contribution in [0.2, 0.25) is 0 Å². The van der Waals surface area contributed by atoms with E-state index in [1.807, 2.05) is 13.0 Å². The molecule has 0 aliphatic heterocycles. The molecule has 2 rings (SSSR count). The van der Waals surface area contributed by atoms with Crippen LogP contribution in [-0.4, -0.2) is 10.1 Å². The lowest BCUT2D eigenvalue weighted by Gasteiger charge is -1.95. The van der Waals surface area contributed by atoms with E-state index in [-0.39, 0.29) is 0 Å². The minimum atomic E-state index is 0.537. The van der Waals surface area contributed by atoms with Gasteiger partial charge in [0.1, 0.15) is 18.0 Å². The largest absolute Gasteiger partial charge is 0.364 e. The van der Waals surface area contributed by atoms with Gasteiger partial charge in [-0.25, -0.2) is 0 Å². The summed E-state index contributed by atoms with van der Waals surface area (Å²) in [5.74, 6) is 0. The summed E-state index contributed by atoms with van der Waals surface area (Å²) in [6.07, 6.45) is 3.08. The van der Waals surface area contributed by atoms with Crippen LogP contribution in [0.4, 0.5) is 0 Å². The van der Waals surface area contributed by atoms with E-state index in [2.05, 4.69) is 10.1 Å². The minimum absolute atomic E-state index is 0.537. The first kappa shape index (κ1) is 8.45. The highest BCUT2D eigenvalue weighted by atomic mass is 16.5. The van der Waals surface area contributed by atoms with Gasteiger partial charge in [0.2, 0.25) is 0 Å². The van der Waals surface area contributed by atoms with Crippen molar-refractivity contribution in [1.82, 2.24) is 10.1 Å². The van der Waals surface area contributed by atoms with Crippen LogP contribution in [0.25, 0.3) is 11.4 Å². The van der Waals surface area contributed by atoms with Crippen LogP contribution in [0.1, 0.15) is 11.1 Å². The van der Waals surface area contributed by atoms with Crippen LogP contribution in [-0.2, 0) is 0 Å². The Kier molecular flexibility index (Phi) is 1.99. The zero-order valence-corrected chi connectivity index (χ0v) is 7.56. The van der Waals surface area contributed by atoms with E-state index in [9.17, 15) is 0 Å². The van der Waals surface area contributed by atoms with Gasteiger partial charge in [0.05, 0.1) is 11.3 Å². The quantitative estimate of drug-likeness (QED) is 0.680. The summed E-state index contributed by atoms with van der Waals surface area (Å²) in [5.41, 5.74) is 2.90. The lowest BCUT2D eigenvalue weighted by atomic mass is 10.2. The Hall–Kier alpha value is -2.15. The lowest BCUT2D eigenvalue weighted by Crippen LogP contribution is -1.86. The molecule has 0 saturated heterocycles. The minimum Gasteiger partial charge on any atom is -0.364 e. The summed E-state index contributed by atoms with van der Waals surface area (Å²) in [4.78, 5) is 4.11. The highest BCUT2D eigenvalue weighted by molar-refractivity contribution is 5.57. The Bertz CT molecular complexity index is 479. The van der Waals surface area contributed by atoms with Gasteiger partial charge in [-0.1, -0.05) is 5.16 Å². The summed E-state index contributed by atoms with van der Waals surface area (Å²) in [5, 5.41) is 12.4. The number of aromatic nitrogens is 2. The average molecular weight is 185 g/mol. The molecule has 68 valence electrons. The molecule has 0 spiro atoms. The van der Waals surface area contributed by atoms with Crippen LogP contribution < -0.4 is 0 Å². The standard InChI is InChI=1S/C10H7N3O/c1-7-6-14-13-10(7)9-3-2-8(4-11)5-12-9/h2-3,5-6H,1H3. The van der Waals surface area contributed by atoms with Gasteiger partial charge >= 0.3 is 0 Å². The van der Waals surface area contributed by atoms with E-state index >= 15 is 0 Å². The van der Waals surface area contributed by atoms with Crippen molar-refractivity contribution in [2.24, 2.45) is 0 Å². The van der Waals surface area contributed by atoms with E-state index < -0.39 is 0 Å². The fraction of sp³-hybridized carbons (Fsp3) is 0.100. The second-order valence-corrected chi connectivity index (χ2v) is 2.89. The predicted molar refractivity (Wildman–Crippen MR) is 49.2 cm³/mol. The SMILES string of the molecule is Cc1conc1-c1ccc(C#N)cn1. The van der Waals surface area contributed by atoms with Gasteiger partial charge < -0.3 is 4.52 Å². The van der Waals surface area contributed by atoms with Gasteiger partial charge in [-0.15, -0.1) is 0 Å². The number of nitrogens with zero attached hydrogens (tertiary/aromatic N) is 3. The molecule has 0 bridgehead atoms. The van der Waals surface area contributed by atoms with Crippen LogP contribution in [0, 0.1) is 18.3 Å². The van der Waals surface area contributed by atoms with Crippen LogP contribution >= 0.6 is 0 Å². The molecule has 0 saturated carbocycles. The molecule has 0 unspecified atom stereocenters. The molecule has 0 N–H and O–H groups in total. The van der Waals surface area contributed by atoms with E-state index in [0.717, 1.165) is 17.0 Å². The van der Waals surface area contributed by atoms with Crippen molar-refractivity contribution in [3.63, 3.8) is 0 Å². The summed E-state index contributed by atoms with van der Waals surface area (Å²) in [7, 11) is 0. The maximum Gasteiger partial charge on any atom is 0.135 e. The molecule has 2 aromatic rings. The summed E-state index contributed by atoms with van der Waals surface area (Å²) in [6.45, 7) is 1.89. The second-order valence-electron chi connectivity index (χ2n) is 2.89. The molecule has 2 aromatic heterocycles. The third-order valence-corrected chi connectivity index (χ3v) is 1.88. The Morgan fingerprint density at radius 3 is 2.79 bits per heavy atom. The highest BCUT2D eigenvalue weighted by Crippen LogP contribution is 2.18. The van der Waals surface area contributed by atoms with Crippen molar-refractivity contribution in [1.29, 1.82) is 5.26 Å². The molecule has 14 heavy (non-hydrogen) atoms. The highest BCUT2D eigenvalue weighted by Gasteiger charge is 2.06. The Labute approximate surface area is 80.8 Å². The number of hydrogen-bond acceptors (Lipinski definition) is 4. The van der Waals surface area contributed by atoms with Gasteiger partial charge in [-0.2, -0.15) is 5.26 Å².